The summed E-state index contributed by atoms with van der Waals surface area (Å²) in [4.78, 5) is 31.7. The molecule has 0 fully saturated rings. The number of aldehydes is 1. The molecule has 0 unspecified atom stereocenters. The van der Waals surface area contributed by atoms with Gasteiger partial charge in [-0.3, -0.25) is 9.59 Å². The van der Waals surface area contributed by atoms with Crippen molar-refractivity contribution in [1.29, 1.82) is 0 Å². The third kappa shape index (κ3) is 3.13. The fraction of sp³-hybridized carbons (Fsp3) is 0.400. The Balaban J connectivity index is 3.11. The summed E-state index contributed by atoms with van der Waals surface area (Å²) >= 11 is 5.84. The standard InChI is InChI=1S/C10H13ClN4O2/c1-6-13-9(11)7(5-16)10(14-6)15(3)4-8(17)12-2/h5H,4H2,1-3H3,(H,12,17). The average molecular weight is 257 g/mol. The first-order valence-electron chi connectivity index (χ1n) is 4.90. The lowest BCUT2D eigenvalue weighted by Gasteiger charge is -2.19. The van der Waals surface area contributed by atoms with Crippen LogP contribution in [0.25, 0.3) is 0 Å². The molecule has 1 amide bonds. The molecule has 1 aromatic rings. The van der Waals surface area contributed by atoms with Gasteiger partial charge in [-0.15, -0.1) is 0 Å². The Kier molecular flexibility index (Phi) is 4.39. The van der Waals surface area contributed by atoms with Crippen LogP contribution >= 0.6 is 11.6 Å². The Bertz CT molecular complexity index is 450. The van der Waals surface area contributed by atoms with E-state index in [1.54, 1.807) is 18.9 Å². The van der Waals surface area contributed by atoms with Gasteiger partial charge in [-0.25, -0.2) is 9.97 Å². The molecule has 0 aromatic carbocycles. The van der Waals surface area contributed by atoms with Crippen LogP contribution in [0, 0.1) is 6.92 Å². The topological polar surface area (TPSA) is 75.2 Å². The Labute approximate surface area is 104 Å². The zero-order chi connectivity index (χ0) is 13.0. The van der Waals surface area contributed by atoms with Crippen molar-refractivity contribution in [3.05, 3.63) is 16.5 Å². The number of rotatable bonds is 4. The van der Waals surface area contributed by atoms with Crippen LogP contribution in [0.5, 0.6) is 0 Å². The number of nitrogens with one attached hydrogen (secondary N) is 1. The molecule has 0 radical (unpaired) electrons. The van der Waals surface area contributed by atoms with Crippen molar-refractivity contribution in [2.75, 3.05) is 25.5 Å². The van der Waals surface area contributed by atoms with E-state index < -0.39 is 0 Å². The highest BCUT2D eigenvalue weighted by Crippen LogP contribution is 2.21. The summed E-state index contributed by atoms with van der Waals surface area (Å²) in [5.41, 5.74) is 0.184. The van der Waals surface area contributed by atoms with Gasteiger partial charge < -0.3 is 10.2 Å². The molecule has 0 aliphatic carbocycles. The summed E-state index contributed by atoms with van der Waals surface area (Å²) < 4.78 is 0. The van der Waals surface area contributed by atoms with Gasteiger partial charge in [0.15, 0.2) is 6.29 Å². The Morgan fingerprint density at radius 3 is 2.71 bits per heavy atom. The van der Waals surface area contributed by atoms with Crippen LogP contribution in [0.3, 0.4) is 0 Å². The van der Waals surface area contributed by atoms with Crippen molar-refractivity contribution in [1.82, 2.24) is 15.3 Å². The minimum absolute atomic E-state index is 0.0874. The molecular weight excluding hydrogens is 244 g/mol. The second-order valence-corrected chi connectivity index (χ2v) is 3.80. The van der Waals surface area contributed by atoms with Crippen molar-refractivity contribution in [2.24, 2.45) is 0 Å². The maximum absolute atomic E-state index is 11.2. The van der Waals surface area contributed by atoms with Gasteiger partial charge in [0.25, 0.3) is 0 Å². The molecule has 0 aliphatic heterocycles. The van der Waals surface area contributed by atoms with Crippen molar-refractivity contribution in [3.63, 3.8) is 0 Å². The van der Waals surface area contributed by atoms with Crippen LogP contribution in [-0.4, -0.2) is 42.8 Å². The van der Waals surface area contributed by atoms with Gasteiger partial charge in [0, 0.05) is 14.1 Å². The Morgan fingerprint density at radius 2 is 2.18 bits per heavy atom. The largest absolute Gasteiger partial charge is 0.358 e. The first kappa shape index (κ1) is 13.4. The Hall–Kier alpha value is -1.69. The number of carbonyl (C=O) groups excluding carboxylic acids is 2. The second-order valence-electron chi connectivity index (χ2n) is 3.45. The fourth-order valence-electron chi connectivity index (χ4n) is 1.29. The van der Waals surface area contributed by atoms with Crippen LogP contribution < -0.4 is 10.2 Å². The number of halogens is 1. The highest BCUT2D eigenvalue weighted by molar-refractivity contribution is 6.32. The van der Waals surface area contributed by atoms with Crippen LogP contribution in [0.4, 0.5) is 5.82 Å². The summed E-state index contributed by atoms with van der Waals surface area (Å²) in [7, 11) is 3.19. The van der Waals surface area contributed by atoms with E-state index in [0.717, 1.165) is 0 Å². The summed E-state index contributed by atoms with van der Waals surface area (Å²) in [6, 6.07) is 0. The fourth-order valence-corrected chi connectivity index (χ4v) is 1.55. The molecule has 1 rings (SSSR count). The SMILES string of the molecule is CNC(=O)CN(C)c1nc(C)nc(Cl)c1C=O. The van der Waals surface area contributed by atoms with E-state index >= 15 is 0 Å². The number of hydrogen-bond donors (Lipinski definition) is 1. The van der Waals surface area contributed by atoms with Crippen LogP contribution in [0.2, 0.25) is 5.15 Å². The summed E-state index contributed by atoms with van der Waals surface area (Å²) in [6.07, 6.45) is 0.581. The number of carbonyl (C=O) groups is 2. The molecule has 1 heterocycles. The summed E-state index contributed by atoms with van der Waals surface area (Å²) in [5.74, 6) is 0.609. The van der Waals surface area contributed by atoms with E-state index in [4.69, 9.17) is 11.6 Å². The number of aryl methyl sites for hydroxylation is 1. The van der Waals surface area contributed by atoms with Gasteiger partial charge in [-0.2, -0.15) is 0 Å². The molecule has 0 aliphatic rings. The van der Waals surface area contributed by atoms with E-state index in [2.05, 4.69) is 15.3 Å². The smallest absolute Gasteiger partial charge is 0.239 e. The molecule has 92 valence electrons. The molecule has 17 heavy (non-hydrogen) atoms. The van der Waals surface area contributed by atoms with Crippen molar-refractivity contribution in [2.45, 2.75) is 6.92 Å². The van der Waals surface area contributed by atoms with E-state index in [0.29, 0.717) is 17.9 Å². The van der Waals surface area contributed by atoms with E-state index in [9.17, 15) is 9.59 Å². The summed E-state index contributed by atoms with van der Waals surface area (Å²) in [5, 5.41) is 2.58. The van der Waals surface area contributed by atoms with E-state index in [1.807, 2.05) is 0 Å². The predicted molar refractivity (Wildman–Crippen MR) is 64.5 cm³/mol. The average Bonchev–Trinajstić information content (AvgIpc) is 2.27. The second kappa shape index (κ2) is 5.58. The van der Waals surface area contributed by atoms with Crippen molar-refractivity contribution in [3.8, 4) is 0 Å². The summed E-state index contributed by atoms with van der Waals surface area (Å²) in [6.45, 7) is 1.75. The highest BCUT2D eigenvalue weighted by Gasteiger charge is 2.16. The lowest BCUT2D eigenvalue weighted by Crippen LogP contribution is -2.34. The van der Waals surface area contributed by atoms with Crippen molar-refractivity contribution >= 4 is 29.6 Å². The van der Waals surface area contributed by atoms with Crippen LogP contribution in [0.1, 0.15) is 16.2 Å². The van der Waals surface area contributed by atoms with Crippen LogP contribution in [0.15, 0.2) is 0 Å². The lowest BCUT2D eigenvalue weighted by molar-refractivity contribution is -0.119. The predicted octanol–water partition coefficient (Wildman–Crippen LogP) is 0.433. The zero-order valence-corrected chi connectivity index (χ0v) is 10.6. The van der Waals surface area contributed by atoms with Gasteiger partial charge in [0.05, 0.1) is 12.1 Å². The molecule has 0 saturated heterocycles. The Morgan fingerprint density at radius 1 is 1.53 bits per heavy atom. The van der Waals surface area contributed by atoms with Gasteiger partial charge >= 0.3 is 0 Å². The molecule has 0 spiro atoms. The quantitative estimate of drug-likeness (QED) is 0.625. The van der Waals surface area contributed by atoms with E-state index in [-0.39, 0.29) is 23.2 Å². The van der Waals surface area contributed by atoms with E-state index in [1.165, 1.54) is 7.05 Å². The molecule has 0 bridgehead atoms. The normalized spacial score (nSPS) is 9.88. The highest BCUT2D eigenvalue weighted by atomic mass is 35.5. The van der Waals surface area contributed by atoms with Crippen LogP contribution in [-0.2, 0) is 4.79 Å². The maximum atomic E-state index is 11.2. The number of anilines is 1. The molecule has 1 N–H and O–H groups in total. The molecule has 0 atom stereocenters. The van der Waals surface area contributed by atoms with Gasteiger partial charge in [-0.05, 0) is 6.92 Å². The van der Waals surface area contributed by atoms with Gasteiger partial charge in [-0.1, -0.05) is 11.6 Å². The van der Waals surface area contributed by atoms with Crippen molar-refractivity contribution < 1.29 is 9.59 Å². The zero-order valence-electron chi connectivity index (χ0n) is 9.82. The number of aromatic nitrogens is 2. The maximum Gasteiger partial charge on any atom is 0.239 e. The molecule has 7 heteroatoms. The molecule has 1 aromatic heterocycles. The number of nitrogens with zero attached hydrogens (tertiary/aromatic N) is 3. The monoisotopic (exact) mass is 256 g/mol. The van der Waals surface area contributed by atoms with Gasteiger partial charge in [0.1, 0.15) is 16.8 Å². The minimum atomic E-state index is -0.184. The number of amides is 1. The first-order chi connectivity index (χ1) is 7.99. The number of hydrogen-bond acceptors (Lipinski definition) is 5. The lowest BCUT2D eigenvalue weighted by atomic mass is 10.3. The molecule has 6 nitrogen and oxygen atoms in total. The number of likely N-dealkylation sites (N-methyl/N-ethyl adjacent to an activating group) is 2. The third-order valence-electron chi connectivity index (χ3n) is 2.13. The first-order valence-corrected chi connectivity index (χ1v) is 5.28. The molecular formula is C10H13ClN4O2. The molecule has 0 saturated carbocycles. The minimum Gasteiger partial charge on any atom is -0.358 e. The third-order valence-corrected chi connectivity index (χ3v) is 2.42. The van der Waals surface area contributed by atoms with Gasteiger partial charge in [0.2, 0.25) is 5.91 Å².